The van der Waals surface area contributed by atoms with Crippen LogP contribution in [0.2, 0.25) is 0 Å². The molecule has 6 aromatic rings. The Balaban J connectivity index is 0.000000229. The average molecular weight is 574 g/mol. The second-order valence-corrected chi connectivity index (χ2v) is 12.5. The first-order valence-electron chi connectivity index (χ1n) is 15.5. The monoisotopic (exact) mass is 573 g/mol. The van der Waals surface area contributed by atoms with Crippen molar-refractivity contribution in [3.8, 4) is 22.3 Å². The van der Waals surface area contributed by atoms with Crippen molar-refractivity contribution in [1.29, 1.82) is 0 Å². The van der Waals surface area contributed by atoms with Crippen LogP contribution < -0.4 is 4.90 Å². The van der Waals surface area contributed by atoms with Crippen LogP contribution in [0.15, 0.2) is 152 Å². The number of para-hydroxylation sites is 1. The number of hydrogen-bond acceptors (Lipinski definition) is 1. The lowest BCUT2D eigenvalue weighted by molar-refractivity contribution is 0.590. The molecule has 0 saturated heterocycles. The fourth-order valence-corrected chi connectivity index (χ4v) is 5.43. The third-order valence-corrected chi connectivity index (χ3v) is 8.10. The van der Waals surface area contributed by atoms with Gasteiger partial charge in [-0.1, -0.05) is 142 Å². The molecule has 0 spiro atoms. The van der Waals surface area contributed by atoms with Crippen molar-refractivity contribution in [1.82, 2.24) is 0 Å². The average Bonchev–Trinajstić information content (AvgIpc) is 3.03. The zero-order chi connectivity index (χ0) is 31.1. The summed E-state index contributed by atoms with van der Waals surface area (Å²) in [5, 5.41) is 0. The first-order chi connectivity index (χ1) is 21.2. The van der Waals surface area contributed by atoms with Gasteiger partial charge in [0, 0.05) is 17.1 Å². The Labute approximate surface area is 264 Å². The van der Waals surface area contributed by atoms with E-state index in [1.807, 2.05) is 0 Å². The zero-order valence-corrected chi connectivity index (χ0v) is 26.9. The van der Waals surface area contributed by atoms with Crippen LogP contribution in [-0.4, -0.2) is 0 Å². The fraction of sp³-hybridized carbons (Fsp3) is 0.163. The molecular weight excluding hydrogens is 530 g/mol. The maximum atomic E-state index is 2.31. The molecule has 0 amide bonds. The van der Waals surface area contributed by atoms with Crippen molar-refractivity contribution in [2.45, 2.75) is 47.0 Å². The van der Waals surface area contributed by atoms with Gasteiger partial charge in [0.1, 0.15) is 0 Å². The highest BCUT2D eigenvalue weighted by molar-refractivity contribution is 5.78. The van der Waals surface area contributed by atoms with Crippen molar-refractivity contribution < 1.29 is 0 Å². The highest BCUT2D eigenvalue weighted by Crippen LogP contribution is 2.36. The van der Waals surface area contributed by atoms with Crippen molar-refractivity contribution in [3.63, 3.8) is 0 Å². The molecule has 0 aliphatic rings. The van der Waals surface area contributed by atoms with Gasteiger partial charge in [-0.05, 0) is 102 Å². The molecule has 0 atom stereocenters. The lowest BCUT2D eigenvalue weighted by Gasteiger charge is -2.27. The van der Waals surface area contributed by atoms with E-state index in [4.69, 9.17) is 0 Å². The number of anilines is 3. The molecule has 44 heavy (non-hydrogen) atoms. The molecule has 0 saturated carbocycles. The topological polar surface area (TPSA) is 3.24 Å². The van der Waals surface area contributed by atoms with Gasteiger partial charge in [-0.3, -0.25) is 0 Å². The number of aryl methyl sites for hydroxylation is 3. The minimum atomic E-state index is 0.145. The van der Waals surface area contributed by atoms with Crippen LogP contribution in [0.3, 0.4) is 0 Å². The Morgan fingerprint density at radius 1 is 0.386 bits per heavy atom. The molecule has 1 nitrogen and oxygen atoms in total. The van der Waals surface area contributed by atoms with Crippen LogP contribution in [0.4, 0.5) is 17.1 Å². The predicted octanol–water partition coefficient (Wildman–Crippen LogP) is 12.4. The number of hydrogen-bond donors (Lipinski definition) is 0. The first kappa shape index (κ1) is 30.6. The van der Waals surface area contributed by atoms with Gasteiger partial charge in [-0.25, -0.2) is 0 Å². The molecule has 0 N–H and O–H groups in total. The van der Waals surface area contributed by atoms with E-state index >= 15 is 0 Å². The van der Waals surface area contributed by atoms with Gasteiger partial charge in [0.2, 0.25) is 0 Å². The maximum absolute atomic E-state index is 2.31. The second kappa shape index (κ2) is 13.6. The summed E-state index contributed by atoms with van der Waals surface area (Å²) in [5.74, 6) is 0. The Morgan fingerprint density at radius 2 is 0.773 bits per heavy atom. The largest absolute Gasteiger partial charge is 0.311 e. The van der Waals surface area contributed by atoms with E-state index < -0.39 is 0 Å². The molecule has 0 aromatic heterocycles. The van der Waals surface area contributed by atoms with Gasteiger partial charge in [0.25, 0.3) is 0 Å². The van der Waals surface area contributed by atoms with Crippen molar-refractivity contribution in [2.75, 3.05) is 4.90 Å². The molecule has 6 aromatic carbocycles. The van der Waals surface area contributed by atoms with Crippen LogP contribution in [0.1, 0.15) is 43.0 Å². The van der Waals surface area contributed by atoms with Gasteiger partial charge in [-0.15, -0.1) is 0 Å². The van der Waals surface area contributed by atoms with Crippen molar-refractivity contribution in [2.24, 2.45) is 0 Å². The zero-order valence-electron chi connectivity index (χ0n) is 26.9. The molecule has 0 aliphatic heterocycles. The van der Waals surface area contributed by atoms with Gasteiger partial charge in [0.15, 0.2) is 0 Å². The van der Waals surface area contributed by atoms with E-state index in [0.29, 0.717) is 0 Å². The normalized spacial score (nSPS) is 11.0. The second-order valence-electron chi connectivity index (χ2n) is 12.5. The molecular formula is C43H43N. The van der Waals surface area contributed by atoms with Gasteiger partial charge < -0.3 is 4.90 Å². The van der Waals surface area contributed by atoms with E-state index in [-0.39, 0.29) is 5.41 Å². The molecule has 0 heterocycles. The van der Waals surface area contributed by atoms with Gasteiger partial charge in [0.05, 0.1) is 0 Å². The Morgan fingerprint density at radius 3 is 1.23 bits per heavy atom. The predicted molar refractivity (Wildman–Crippen MR) is 191 cm³/mol. The van der Waals surface area contributed by atoms with Crippen LogP contribution in [-0.2, 0) is 5.41 Å². The smallest absolute Gasteiger partial charge is 0.0462 e. The highest BCUT2D eigenvalue weighted by atomic mass is 15.1. The van der Waals surface area contributed by atoms with Crippen molar-refractivity contribution in [3.05, 3.63) is 174 Å². The van der Waals surface area contributed by atoms with E-state index in [1.165, 1.54) is 44.5 Å². The third kappa shape index (κ3) is 7.36. The first-order valence-corrected chi connectivity index (χ1v) is 15.5. The lowest BCUT2D eigenvalue weighted by atomic mass is 9.87. The van der Waals surface area contributed by atoms with E-state index in [2.05, 4.69) is 198 Å². The summed E-state index contributed by atoms with van der Waals surface area (Å²) in [7, 11) is 0. The fourth-order valence-electron chi connectivity index (χ4n) is 5.43. The Kier molecular flexibility index (Phi) is 9.46. The standard InChI is InChI=1S/C29H29N.C14H14/c1-22-10-12-23(13-11-22)24-14-18-27(19-15-24)30(26-8-6-5-7-9-26)28-20-16-25(17-21-28)29(2,3)4;1-11-7-3-5-9-13(11)14-10-6-4-8-12(14)2/h5-21H,1-4H3;3-10H,1-2H3. The molecule has 0 fully saturated rings. The van der Waals surface area contributed by atoms with Crippen LogP contribution in [0, 0.1) is 20.8 Å². The molecule has 0 radical (unpaired) electrons. The maximum Gasteiger partial charge on any atom is 0.0462 e. The molecule has 1 heteroatoms. The lowest BCUT2D eigenvalue weighted by Crippen LogP contribution is -2.13. The summed E-state index contributed by atoms with van der Waals surface area (Å²) in [6.07, 6.45) is 0. The van der Waals surface area contributed by atoms with Crippen LogP contribution in [0.25, 0.3) is 22.3 Å². The molecule has 220 valence electrons. The molecule has 0 unspecified atom stereocenters. The summed E-state index contributed by atoms with van der Waals surface area (Å²) in [5.41, 5.74) is 14.1. The number of rotatable bonds is 5. The third-order valence-electron chi connectivity index (χ3n) is 8.10. The number of nitrogens with zero attached hydrogens (tertiary/aromatic N) is 1. The van der Waals surface area contributed by atoms with Gasteiger partial charge >= 0.3 is 0 Å². The summed E-state index contributed by atoms with van der Waals surface area (Å²) < 4.78 is 0. The molecule has 6 rings (SSSR count). The molecule has 0 bridgehead atoms. The summed E-state index contributed by atoms with van der Waals surface area (Å²) >= 11 is 0. The quantitative estimate of drug-likeness (QED) is 0.198. The summed E-state index contributed by atoms with van der Waals surface area (Å²) in [6.45, 7) is 13.2. The highest BCUT2D eigenvalue weighted by Gasteiger charge is 2.16. The minimum Gasteiger partial charge on any atom is -0.311 e. The van der Waals surface area contributed by atoms with E-state index in [1.54, 1.807) is 0 Å². The van der Waals surface area contributed by atoms with Gasteiger partial charge in [-0.2, -0.15) is 0 Å². The van der Waals surface area contributed by atoms with Crippen LogP contribution in [0.5, 0.6) is 0 Å². The Hall–Kier alpha value is -4.88. The summed E-state index contributed by atoms with van der Waals surface area (Å²) in [6, 6.07) is 54.0. The van der Waals surface area contributed by atoms with E-state index in [9.17, 15) is 0 Å². The Bertz CT molecular complexity index is 1730. The minimum absolute atomic E-state index is 0.145. The molecule has 0 aliphatic carbocycles. The number of benzene rings is 6. The van der Waals surface area contributed by atoms with E-state index in [0.717, 1.165) is 17.1 Å². The van der Waals surface area contributed by atoms with Crippen LogP contribution >= 0.6 is 0 Å². The van der Waals surface area contributed by atoms with Crippen molar-refractivity contribution >= 4 is 17.1 Å². The SMILES string of the molecule is Cc1ccc(-c2ccc(N(c3ccccc3)c3ccc(C(C)(C)C)cc3)cc2)cc1.Cc1ccccc1-c1ccccc1C. The summed E-state index contributed by atoms with van der Waals surface area (Å²) in [4.78, 5) is 2.31.